The standard InChI is InChI=1S/C24H38N2O4/c1-6-9-17-11-8-12-18(10-7-2)20(17)30-22(29)25-16-24(5)14-19(26-21(27)28)13-23(3,4)15-24/h8,11-12,19,26H,6-7,9-10,13-16H2,1-5H3,(H,25,29)(H,27,28). The van der Waals surface area contributed by atoms with Crippen LogP contribution in [0.15, 0.2) is 18.2 Å². The first-order valence-corrected chi connectivity index (χ1v) is 11.1. The molecule has 1 aliphatic rings. The number of hydrogen-bond donors (Lipinski definition) is 3. The zero-order chi connectivity index (χ0) is 22.4. The van der Waals surface area contributed by atoms with Gasteiger partial charge in [-0.2, -0.15) is 0 Å². The number of para-hydroxylation sites is 1. The van der Waals surface area contributed by atoms with Gasteiger partial charge in [0.15, 0.2) is 0 Å². The van der Waals surface area contributed by atoms with Gasteiger partial charge in [0.1, 0.15) is 5.75 Å². The fraction of sp³-hybridized carbons (Fsp3) is 0.667. The number of amides is 2. The zero-order valence-electron chi connectivity index (χ0n) is 19.1. The van der Waals surface area contributed by atoms with E-state index in [9.17, 15) is 9.59 Å². The monoisotopic (exact) mass is 418 g/mol. The van der Waals surface area contributed by atoms with E-state index in [2.05, 4.69) is 45.3 Å². The van der Waals surface area contributed by atoms with Crippen molar-refractivity contribution >= 4 is 12.2 Å². The minimum atomic E-state index is -0.997. The maximum absolute atomic E-state index is 12.7. The van der Waals surface area contributed by atoms with Gasteiger partial charge in [-0.05, 0) is 54.1 Å². The molecule has 30 heavy (non-hydrogen) atoms. The Morgan fingerprint density at radius 2 is 1.70 bits per heavy atom. The van der Waals surface area contributed by atoms with Crippen LogP contribution in [-0.2, 0) is 12.8 Å². The third-order valence-corrected chi connectivity index (χ3v) is 5.84. The highest BCUT2D eigenvalue weighted by Gasteiger charge is 2.42. The SMILES string of the molecule is CCCc1cccc(CCC)c1OC(=O)NCC1(C)CC(NC(=O)O)CC(C)(C)C1. The van der Waals surface area contributed by atoms with Crippen LogP contribution in [0.2, 0.25) is 0 Å². The van der Waals surface area contributed by atoms with Crippen molar-refractivity contribution in [2.24, 2.45) is 10.8 Å². The minimum Gasteiger partial charge on any atom is -0.465 e. The Labute approximate surface area is 180 Å². The Morgan fingerprint density at radius 3 is 2.23 bits per heavy atom. The predicted molar refractivity (Wildman–Crippen MR) is 119 cm³/mol. The van der Waals surface area contributed by atoms with Gasteiger partial charge in [0, 0.05) is 12.6 Å². The number of carboxylic acid groups (broad SMARTS) is 1. The first-order valence-electron chi connectivity index (χ1n) is 11.1. The molecule has 2 unspecified atom stereocenters. The van der Waals surface area contributed by atoms with E-state index in [1.54, 1.807) is 0 Å². The highest BCUT2D eigenvalue weighted by molar-refractivity contribution is 5.71. The zero-order valence-corrected chi connectivity index (χ0v) is 19.1. The number of carbonyl (C=O) groups excluding carboxylic acids is 1. The number of ether oxygens (including phenoxy) is 1. The molecule has 0 saturated heterocycles. The summed E-state index contributed by atoms with van der Waals surface area (Å²) < 4.78 is 5.80. The molecule has 2 rings (SSSR count). The van der Waals surface area contributed by atoms with E-state index in [-0.39, 0.29) is 16.9 Å². The molecule has 1 aromatic carbocycles. The summed E-state index contributed by atoms with van der Waals surface area (Å²) in [6.07, 6.45) is 4.67. The lowest BCUT2D eigenvalue weighted by Crippen LogP contribution is -2.50. The van der Waals surface area contributed by atoms with Gasteiger partial charge in [-0.15, -0.1) is 0 Å². The second kappa shape index (κ2) is 10.2. The molecule has 6 nitrogen and oxygen atoms in total. The number of rotatable bonds is 8. The van der Waals surface area contributed by atoms with E-state index in [1.807, 2.05) is 18.2 Å². The van der Waals surface area contributed by atoms with Crippen molar-refractivity contribution in [2.45, 2.75) is 85.6 Å². The average Bonchev–Trinajstić information content (AvgIpc) is 2.61. The van der Waals surface area contributed by atoms with Crippen LogP contribution in [-0.4, -0.2) is 29.9 Å². The van der Waals surface area contributed by atoms with Crippen LogP contribution in [0.5, 0.6) is 5.75 Å². The molecule has 0 spiro atoms. The van der Waals surface area contributed by atoms with Crippen LogP contribution in [0.1, 0.15) is 77.8 Å². The van der Waals surface area contributed by atoms with Crippen molar-refractivity contribution in [1.82, 2.24) is 10.6 Å². The molecule has 0 aliphatic heterocycles. The number of aryl methyl sites for hydroxylation is 2. The van der Waals surface area contributed by atoms with E-state index >= 15 is 0 Å². The van der Waals surface area contributed by atoms with Crippen LogP contribution >= 0.6 is 0 Å². The van der Waals surface area contributed by atoms with Crippen LogP contribution in [0.3, 0.4) is 0 Å². The summed E-state index contributed by atoms with van der Waals surface area (Å²) in [6, 6.07) is 5.97. The minimum absolute atomic E-state index is 0.00623. The normalized spacial score (nSPS) is 22.9. The van der Waals surface area contributed by atoms with Gasteiger partial charge in [-0.25, -0.2) is 9.59 Å². The summed E-state index contributed by atoms with van der Waals surface area (Å²) in [6.45, 7) is 11.1. The number of nitrogens with one attached hydrogen (secondary N) is 2. The molecule has 0 radical (unpaired) electrons. The van der Waals surface area contributed by atoms with Crippen molar-refractivity contribution in [3.8, 4) is 5.75 Å². The van der Waals surface area contributed by atoms with Crippen molar-refractivity contribution in [2.75, 3.05) is 6.54 Å². The van der Waals surface area contributed by atoms with E-state index in [4.69, 9.17) is 9.84 Å². The van der Waals surface area contributed by atoms with Crippen LogP contribution < -0.4 is 15.4 Å². The largest absolute Gasteiger partial charge is 0.465 e. The molecule has 1 saturated carbocycles. The number of carbonyl (C=O) groups is 2. The van der Waals surface area contributed by atoms with Crippen molar-refractivity contribution in [3.63, 3.8) is 0 Å². The lowest BCUT2D eigenvalue weighted by molar-refractivity contribution is 0.0695. The fourth-order valence-electron chi connectivity index (χ4n) is 5.16. The van der Waals surface area contributed by atoms with Crippen LogP contribution in [0, 0.1) is 10.8 Å². The summed E-state index contributed by atoms with van der Waals surface area (Å²) in [4.78, 5) is 23.8. The highest BCUT2D eigenvalue weighted by Crippen LogP contribution is 2.45. The molecule has 1 aromatic rings. The van der Waals surface area contributed by atoms with Crippen LogP contribution in [0.4, 0.5) is 9.59 Å². The molecular formula is C24H38N2O4. The van der Waals surface area contributed by atoms with Gasteiger partial charge in [-0.3, -0.25) is 0 Å². The van der Waals surface area contributed by atoms with Crippen molar-refractivity contribution in [3.05, 3.63) is 29.3 Å². The first kappa shape index (κ1) is 24.0. The summed E-state index contributed by atoms with van der Waals surface area (Å²) >= 11 is 0. The molecule has 0 aromatic heterocycles. The maximum atomic E-state index is 12.7. The van der Waals surface area contributed by atoms with E-state index in [1.165, 1.54) is 0 Å². The van der Waals surface area contributed by atoms with E-state index in [0.717, 1.165) is 49.7 Å². The van der Waals surface area contributed by atoms with E-state index < -0.39 is 12.2 Å². The van der Waals surface area contributed by atoms with E-state index in [0.29, 0.717) is 18.7 Å². The topological polar surface area (TPSA) is 87.7 Å². The maximum Gasteiger partial charge on any atom is 0.412 e. The second-order valence-corrected chi connectivity index (χ2v) is 9.85. The molecule has 6 heteroatoms. The van der Waals surface area contributed by atoms with Gasteiger partial charge in [0.05, 0.1) is 0 Å². The summed E-state index contributed by atoms with van der Waals surface area (Å²) in [5.41, 5.74) is 1.92. The van der Waals surface area contributed by atoms with Gasteiger partial charge in [0.25, 0.3) is 0 Å². The first-order chi connectivity index (χ1) is 14.1. The Hall–Kier alpha value is -2.24. The summed E-state index contributed by atoms with van der Waals surface area (Å²) in [7, 11) is 0. The molecule has 2 amide bonds. The Balaban J connectivity index is 2.07. The molecule has 1 aliphatic carbocycles. The Kier molecular flexibility index (Phi) is 8.16. The molecular weight excluding hydrogens is 380 g/mol. The third kappa shape index (κ3) is 6.92. The summed E-state index contributed by atoms with van der Waals surface area (Å²) in [5.74, 6) is 0.693. The van der Waals surface area contributed by atoms with Gasteiger partial charge in [-0.1, -0.05) is 65.7 Å². The van der Waals surface area contributed by atoms with Gasteiger partial charge >= 0.3 is 12.2 Å². The van der Waals surface area contributed by atoms with Gasteiger partial charge in [0.2, 0.25) is 0 Å². The molecule has 0 bridgehead atoms. The average molecular weight is 419 g/mol. The number of benzene rings is 1. The Morgan fingerprint density at radius 1 is 1.10 bits per heavy atom. The summed E-state index contributed by atoms with van der Waals surface area (Å²) in [5, 5.41) is 14.7. The molecule has 168 valence electrons. The highest BCUT2D eigenvalue weighted by atomic mass is 16.6. The molecule has 2 atom stereocenters. The quantitative estimate of drug-likeness (QED) is 0.518. The van der Waals surface area contributed by atoms with Crippen molar-refractivity contribution < 1.29 is 19.4 Å². The smallest absolute Gasteiger partial charge is 0.412 e. The fourth-order valence-corrected chi connectivity index (χ4v) is 5.16. The van der Waals surface area contributed by atoms with Gasteiger partial charge < -0.3 is 20.5 Å². The predicted octanol–water partition coefficient (Wildman–Crippen LogP) is 5.53. The second-order valence-electron chi connectivity index (χ2n) is 9.85. The molecule has 3 N–H and O–H groups in total. The molecule has 1 fully saturated rings. The van der Waals surface area contributed by atoms with Crippen molar-refractivity contribution in [1.29, 1.82) is 0 Å². The van der Waals surface area contributed by atoms with Crippen LogP contribution in [0.25, 0.3) is 0 Å². The molecule has 0 heterocycles. The third-order valence-electron chi connectivity index (χ3n) is 5.84. The lowest BCUT2D eigenvalue weighted by Gasteiger charge is -2.46. The lowest BCUT2D eigenvalue weighted by atomic mass is 9.62. The number of hydrogen-bond acceptors (Lipinski definition) is 3. The Bertz CT molecular complexity index is 722.